The zero-order valence-corrected chi connectivity index (χ0v) is 13.1. The van der Waals surface area contributed by atoms with Crippen LogP contribution in [0.4, 0.5) is 11.4 Å². The number of benzene rings is 1. The Morgan fingerprint density at radius 1 is 1.43 bits per heavy atom. The zero-order valence-electron chi connectivity index (χ0n) is 12.3. The van der Waals surface area contributed by atoms with Crippen LogP contribution in [0, 0.1) is 24.0 Å². The molecule has 1 aromatic heterocycles. The molecular weight excluding hydrogens is 292 g/mol. The molecule has 0 amide bonds. The van der Waals surface area contributed by atoms with Crippen LogP contribution in [-0.2, 0) is 7.05 Å². The minimum atomic E-state index is -0.478. The summed E-state index contributed by atoms with van der Waals surface area (Å²) in [5, 5.41) is 18.6. The van der Waals surface area contributed by atoms with Crippen molar-refractivity contribution in [2.45, 2.75) is 26.8 Å². The monoisotopic (exact) mass is 308 g/mol. The molecule has 1 N–H and O–H groups in total. The second kappa shape index (κ2) is 5.73. The van der Waals surface area contributed by atoms with Gasteiger partial charge in [-0.05, 0) is 32.4 Å². The molecule has 1 atom stereocenters. The summed E-state index contributed by atoms with van der Waals surface area (Å²) in [6.07, 6.45) is 1.95. The van der Waals surface area contributed by atoms with Gasteiger partial charge in [0.2, 0.25) is 0 Å². The minimum absolute atomic E-state index is 0.0231. The standard InChI is InChI=1S/C14H17ClN4O2/c1-8-5-14(19(20)21)12(15)6-13(8)16-9(2)11-7-18(4)17-10(11)3/h5-7,9,16H,1-4H3. The molecule has 0 aliphatic carbocycles. The van der Waals surface area contributed by atoms with E-state index in [1.165, 1.54) is 6.07 Å². The van der Waals surface area contributed by atoms with E-state index in [2.05, 4.69) is 10.4 Å². The van der Waals surface area contributed by atoms with Crippen LogP contribution in [0.3, 0.4) is 0 Å². The summed E-state index contributed by atoms with van der Waals surface area (Å²) in [6, 6.07) is 3.10. The first-order chi connectivity index (χ1) is 9.79. The molecule has 0 saturated carbocycles. The lowest BCUT2D eigenvalue weighted by atomic mass is 10.1. The van der Waals surface area contributed by atoms with E-state index in [1.54, 1.807) is 10.7 Å². The normalized spacial score (nSPS) is 12.2. The molecule has 0 fully saturated rings. The second-order valence-electron chi connectivity index (χ2n) is 5.09. The summed E-state index contributed by atoms with van der Waals surface area (Å²) >= 11 is 5.96. The van der Waals surface area contributed by atoms with Gasteiger partial charge in [0.15, 0.2) is 0 Å². The largest absolute Gasteiger partial charge is 0.378 e. The fourth-order valence-corrected chi connectivity index (χ4v) is 2.55. The molecule has 1 heterocycles. The van der Waals surface area contributed by atoms with Gasteiger partial charge in [-0.2, -0.15) is 5.10 Å². The molecule has 0 spiro atoms. The van der Waals surface area contributed by atoms with Gasteiger partial charge in [-0.3, -0.25) is 14.8 Å². The molecule has 21 heavy (non-hydrogen) atoms. The quantitative estimate of drug-likeness (QED) is 0.689. The van der Waals surface area contributed by atoms with E-state index in [9.17, 15) is 10.1 Å². The van der Waals surface area contributed by atoms with Crippen molar-refractivity contribution in [2.75, 3.05) is 5.32 Å². The van der Waals surface area contributed by atoms with Crippen molar-refractivity contribution in [1.82, 2.24) is 9.78 Å². The van der Waals surface area contributed by atoms with Crippen LogP contribution >= 0.6 is 11.6 Å². The highest BCUT2D eigenvalue weighted by Crippen LogP contribution is 2.32. The Hall–Kier alpha value is -2.08. The number of nitrogens with one attached hydrogen (secondary N) is 1. The van der Waals surface area contributed by atoms with E-state index in [-0.39, 0.29) is 16.8 Å². The Labute approximate surface area is 127 Å². The van der Waals surface area contributed by atoms with Crippen molar-refractivity contribution in [3.63, 3.8) is 0 Å². The molecule has 6 nitrogen and oxygen atoms in total. The lowest BCUT2D eigenvalue weighted by molar-refractivity contribution is -0.384. The van der Waals surface area contributed by atoms with E-state index in [0.29, 0.717) is 0 Å². The van der Waals surface area contributed by atoms with Gasteiger partial charge < -0.3 is 5.32 Å². The number of nitro benzene ring substituents is 1. The lowest BCUT2D eigenvalue weighted by Gasteiger charge is -2.17. The highest BCUT2D eigenvalue weighted by molar-refractivity contribution is 6.33. The third kappa shape index (κ3) is 3.16. The Balaban J connectivity index is 2.29. The molecule has 0 bridgehead atoms. The summed E-state index contributed by atoms with van der Waals surface area (Å²) in [5.41, 5.74) is 3.50. The third-order valence-electron chi connectivity index (χ3n) is 3.38. The Morgan fingerprint density at radius 3 is 2.62 bits per heavy atom. The van der Waals surface area contributed by atoms with E-state index in [4.69, 9.17) is 11.6 Å². The van der Waals surface area contributed by atoms with Gasteiger partial charge in [-0.1, -0.05) is 11.6 Å². The number of halogens is 1. The van der Waals surface area contributed by atoms with E-state index < -0.39 is 4.92 Å². The number of nitrogens with zero attached hydrogens (tertiary/aromatic N) is 3. The van der Waals surface area contributed by atoms with Crippen molar-refractivity contribution < 1.29 is 4.92 Å². The first kappa shape index (κ1) is 15.3. The van der Waals surface area contributed by atoms with Gasteiger partial charge in [0.1, 0.15) is 5.02 Å². The van der Waals surface area contributed by atoms with Crippen molar-refractivity contribution in [3.8, 4) is 0 Å². The van der Waals surface area contributed by atoms with Gasteiger partial charge in [-0.25, -0.2) is 0 Å². The van der Waals surface area contributed by atoms with E-state index >= 15 is 0 Å². The number of aromatic nitrogens is 2. The summed E-state index contributed by atoms with van der Waals surface area (Å²) < 4.78 is 1.76. The van der Waals surface area contributed by atoms with E-state index in [1.807, 2.05) is 34.0 Å². The average molecular weight is 309 g/mol. The zero-order chi connectivity index (χ0) is 15.7. The van der Waals surface area contributed by atoms with Crippen LogP contribution in [0.25, 0.3) is 0 Å². The molecular formula is C14H17ClN4O2. The summed E-state index contributed by atoms with van der Waals surface area (Å²) in [4.78, 5) is 10.4. The van der Waals surface area contributed by atoms with Crippen molar-refractivity contribution >= 4 is 23.0 Å². The topological polar surface area (TPSA) is 73.0 Å². The first-order valence-electron chi connectivity index (χ1n) is 6.50. The van der Waals surface area contributed by atoms with Crippen molar-refractivity contribution in [3.05, 3.63) is 50.3 Å². The van der Waals surface area contributed by atoms with Gasteiger partial charge in [0.05, 0.1) is 16.7 Å². The fraction of sp³-hybridized carbons (Fsp3) is 0.357. The van der Waals surface area contributed by atoms with Crippen LogP contribution < -0.4 is 5.32 Å². The first-order valence-corrected chi connectivity index (χ1v) is 6.88. The number of aryl methyl sites for hydroxylation is 3. The SMILES string of the molecule is Cc1cc([N+](=O)[O-])c(Cl)cc1NC(C)c1cn(C)nc1C. The maximum absolute atomic E-state index is 10.9. The summed E-state index contributed by atoms with van der Waals surface area (Å²) in [6.45, 7) is 5.77. The highest BCUT2D eigenvalue weighted by atomic mass is 35.5. The predicted octanol–water partition coefficient (Wildman–Crippen LogP) is 3.77. The summed E-state index contributed by atoms with van der Waals surface area (Å²) in [7, 11) is 1.87. The van der Waals surface area contributed by atoms with Crippen molar-refractivity contribution in [2.24, 2.45) is 7.05 Å². The van der Waals surface area contributed by atoms with Gasteiger partial charge in [-0.15, -0.1) is 0 Å². The smallest absolute Gasteiger partial charge is 0.288 e. The Kier molecular flexibility index (Phi) is 4.18. The molecule has 2 aromatic rings. The van der Waals surface area contributed by atoms with E-state index in [0.717, 1.165) is 22.5 Å². The molecule has 2 rings (SSSR count). The molecule has 0 aliphatic rings. The lowest BCUT2D eigenvalue weighted by Crippen LogP contribution is -2.08. The Morgan fingerprint density at radius 2 is 2.10 bits per heavy atom. The van der Waals surface area contributed by atoms with Gasteiger partial charge in [0.25, 0.3) is 5.69 Å². The van der Waals surface area contributed by atoms with Gasteiger partial charge >= 0.3 is 0 Å². The fourth-order valence-electron chi connectivity index (χ4n) is 2.32. The molecule has 112 valence electrons. The van der Waals surface area contributed by atoms with Crippen LogP contribution in [0.15, 0.2) is 18.3 Å². The number of anilines is 1. The van der Waals surface area contributed by atoms with Crippen LogP contribution in [0.1, 0.15) is 29.8 Å². The minimum Gasteiger partial charge on any atom is -0.378 e. The molecule has 1 unspecified atom stereocenters. The second-order valence-corrected chi connectivity index (χ2v) is 5.49. The molecule has 7 heteroatoms. The Bertz CT molecular complexity index is 697. The molecule has 0 aliphatic heterocycles. The third-order valence-corrected chi connectivity index (χ3v) is 3.68. The number of hydrogen-bond donors (Lipinski definition) is 1. The van der Waals surface area contributed by atoms with Crippen molar-refractivity contribution in [1.29, 1.82) is 0 Å². The van der Waals surface area contributed by atoms with Crippen LogP contribution in [-0.4, -0.2) is 14.7 Å². The maximum Gasteiger partial charge on any atom is 0.288 e. The van der Waals surface area contributed by atoms with Gasteiger partial charge in [0, 0.05) is 30.6 Å². The molecule has 0 radical (unpaired) electrons. The molecule has 0 saturated heterocycles. The maximum atomic E-state index is 10.9. The summed E-state index contributed by atoms with van der Waals surface area (Å²) in [5.74, 6) is 0. The number of nitro groups is 1. The number of rotatable bonds is 4. The van der Waals surface area contributed by atoms with Crippen LogP contribution in [0.5, 0.6) is 0 Å². The molecule has 1 aromatic carbocycles. The van der Waals surface area contributed by atoms with Crippen LogP contribution in [0.2, 0.25) is 5.02 Å². The number of hydrogen-bond acceptors (Lipinski definition) is 4. The predicted molar refractivity (Wildman–Crippen MR) is 82.8 cm³/mol. The average Bonchev–Trinajstić information content (AvgIpc) is 2.72. The highest BCUT2D eigenvalue weighted by Gasteiger charge is 2.17.